The van der Waals surface area contributed by atoms with Crippen molar-refractivity contribution in [3.05, 3.63) is 29.6 Å². The van der Waals surface area contributed by atoms with Gasteiger partial charge in [-0.25, -0.2) is 4.39 Å². The molecule has 1 aromatic carbocycles. The lowest BCUT2D eigenvalue weighted by Crippen LogP contribution is -2.19. The molecule has 1 aromatic rings. The van der Waals surface area contributed by atoms with Crippen molar-refractivity contribution in [2.45, 2.75) is 45.3 Å². The Labute approximate surface area is 104 Å². The van der Waals surface area contributed by atoms with E-state index in [-0.39, 0.29) is 11.7 Å². The number of rotatable bonds is 5. The molecule has 0 heterocycles. The first-order chi connectivity index (χ1) is 8.38. The number of alkyl halides is 3. The van der Waals surface area contributed by atoms with Crippen LogP contribution in [0.4, 0.5) is 23.2 Å². The SMILES string of the molecule is CCCC(CC)Nc1ccc(C(F)(F)F)cc1F. The molecule has 5 heteroatoms. The number of benzene rings is 1. The predicted molar refractivity (Wildman–Crippen MR) is 64.0 cm³/mol. The molecule has 0 bridgehead atoms. The van der Waals surface area contributed by atoms with Crippen LogP contribution in [0.3, 0.4) is 0 Å². The Morgan fingerprint density at radius 1 is 1.22 bits per heavy atom. The van der Waals surface area contributed by atoms with Crippen LogP contribution in [0, 0.1) is 5.82 Å². The van der Waals surface area contributed by atoms with E-state index in [1.807, 2.05) is 13.8 Å². The molecule has 0 spiro atoms. The summed E-state index contributed by atoms with van der Waals surface area (Å²) in [6.45, 7) is 3.96. The summed E-state index contributed by atoms with van der Waals surface area (Å²) < 4.78 is 50.6. The molecule has 0 radical (unpaired) electrons. The van der Waals surface area contributed by atoms with Crippen molar-refractivity contribution in [2.24, 2.45) is 0 Å². The summed E-state index contributed by atoms with van der Waals surface area (Å²) in [5, 5.41) is 2.93. The molecule has 0 saturated carbocycles. The van der Waals surface area contributed by atoms with E-state index in [0.717, 1.165) is 31.4 Å². The standard InChI is InChI=1S/C13H17F4N/c1-3-5-10(4-2)18-12-7-6-9(8-11(12)14)13(15,16)17/h6-8,10,18H,3-5H2,1-2H3. The summed E-state index contributed by atoms with van der Waals surface area (Å²) >= 11 is 0. The van der Waals surface area contributed by atoms with Crippen LogP contribution in [-0.4, -0.2) is 6.04 Å². The lowest BCUT2D eigenvalue weighted by atomic mass is 10.1. The molecular weight excluding hydrogens is 246 g/mol. The fraction of sp³-hybridized carbons (Fsp3) is 0.538. The third kappa shape index (κ3) is 3.89. The van der Waals surface area contributed by atoms with Crippen molar-refractivity contribution in [1.82, 2.24) is 0 Å². The second-order valence-corrected chi connectivity index (χ2v) is 4.23. The number of nitrogens with one attached hydrogen (secondary N) is 1. The highest BCUT2D eigenvalue weighted by atomic mass is 19.4. The molecule has 0 saturated heterocycles. The summed E-state index contributed by atoms with van der Waals surface area (Å²) in [6, 6.07) is 2.66. The van der Waals surface area contributed by atoms with Gasteiger partial charge in [0.25, 0.3) is 0 Å². The van der Waals surface area contributed by atoms with Gasteiger partial charge in [-0.15, -0.1) is 0 Å². The summed E-state index contributed by atoms with van der Waals surface area (Å²) in [4.78, 5) is 0. The van der Waals surface area contributed by atoms with E-state index >= 15 is 0 Å². The second kappa shape index (κ2) is 6.07. The lowest BCUT2D eigenvalue weighted by molar-refractivity contribution is -0.137. The van der Waals surface area contributed by atoms with Gasteiger partial charge in [0.05, 0.1) is 11.3 Å². The van der Waals surface area contributed by atoms with Gasteiger partial charge in [0.1, 0.15) is 5.82 Å². The Morgan fingerprint density at radius 3 is 2.33 bits per heavy atom. The molecule has 102 valence electrons. The van der Waals surface area contributed by atoms with Crippen molar-refractivity contribution < 1.29 is 17.6 Å². The monoisotopic (exact) mass is 263 g/mol. The topological polar surface area (TPSA) is 12.0 Å². The van der Waals surface area contributed by atoms with Crippen LogP contribution in [-0.2, 0) is 6.18 Å². The molecule has 1 unspecified atom stereocenters. The normalized spacial score (nSPS) is 13.4. The second-order valence-electron chi connectivity index (χ2n) is 4.23. The number of hydrogen-bond donors (Lipinski definition) is 1. The van der Waals surface area contributed by atoms with Gasteiger partial charge < -0.3 is 5.32 Å². The first-order valence-electron chi connectivity index (χ1n) is 6.01. The Morgan fingerprint density at radius 2 is 1.89 bits per heavy atom. The van der Waals surface area contributed by atoms with Crippen LogP contribution in [0.2, 0.25) is 0 Å². The fourth-order valence-electron chi connectivity index (χ4n) is 1.76. The minimum Gasteiger partial charge on any atom is -0.380 e. The Bertz CT molecular complexity index is 387. The van der Waals surface area contributed by atoms with E-state index in [1.54, 1.807) is 0 Å². The lowest BCUT2D eigenvalue weighted by Gasteiger charge is -2.18. The van der Waals surface area contributed by atoms with E-state index in [0.29, 0.717) is 6.07 Å². The van der Waals surface area contributed by atoms with Crippen molar-refractivity contribution in [2.75, 3.05) is 5.32 Å². The Hall–Kier alpha value is -1.26. The molecular formula is C13H17F4N. The summed E-state index contributed by atoms with van der Waals surface area (Å²) in [7, 11) is 0. The van der Waals surface area contributed by atoms with Crippen molar-refractivity contribution >= 4 is 5.69 Å². The highest BCUT2D eigenvalue weighted by Gasteiger charge is 2.31. The summed E-state index contributed by atoms with van der Waals surface area (Å²) in [5.74, 6) is -0.862. The van der Waals surface area contributed by atoms with Crippen molar-refractivity contribution in [3.63, 3.8) is 0 Å². The van der Waals surface area contributed by atoms with Gasteiger partial charge in [0.2, 0.25) is 0 Å². The van der Waals surface area contributed by atoms with Gasteiger partial charge in [-0.05, 0) is 31.0 Å². The van der Waals surface area contributed by atoms with E-state index < -0.39 is 17.6 Å². The zero-order valence-corrected chi connectivity index (χ0v) is 10.4. The van der Waals surface area contributed by atoms with E-state index in [2.05, 4.69) is 5.32 Å². The van der Waals surface area contributed by atoms with Gasteiger partial charge in [0, 0.05) is 6.04 Å². The molecule has 0 aliphatic heterocycles. The average molecular weight is 263 g/mol. The van der Waals surface area contributed by atoms with Crippen LogP contribution in [0.25, 0.3) is 0 Å². The van der Waals surface area contributed by atoms with Gasteiger partial charge in [-0.1, -0.05) is 20.3 Å². The minimum atomic E-state index is -4.51. The number of halogens is 4. The molecule has 0 fully saturated rings. The van der Waals surface area contributed by atoms with Crippen LogP contribution >= 0.6 is 0 Å². The zero-order chi connectivity index (χ0) is 13.8. The summed E-state index contributed by atoms with van der Waals surface area (Å²) in [6.07, 6.45) is -1.91. The molecule has 1 N–H and O–H groups in total. The summed E-state index contributed by atoms with van der Waals surface area (Å²) in [5.41, 5.74) is -0.836. The highest BCUT2D eigenvalue weighted by Crippen LogP contribution is 2.31. The van der Waals surface area contributed by atoms with Gasteiger partial charge in [-0.2, -0.15) is 13.2 Å². The average Bonchev–Trinajstić information content (AvgIpc) is 2.29. The minimum absolute atomic E-state index is 0.0845. The van der Waals surface area contributed by atoms with Gasteiger partial charge >= 0.3 is 6.18 Å². The fourth-order valence-corrected chi connectivity index (χ4v) is 1.76. The number of hydrogen-bond acceptors (Lipinski definition) is 1. The Balaban J connectivity index is 2.85. The first-order valence-corrected chi connectivity index (χ1v) is 6.01. The van der Waals surface area contributed by atoms with Crippen molar-refractivity contribution in [3.8, 4) is 0 Å². The quantitative estimate of drug-likeness (QED) is 0.750. The zero-order valence-electron chi connectivity index (χ0n) is 10.4. The van der Waals surface area contributed by atoms with Crippen LogP contribution in [0.1, 0.15) is 38.7 Å². The molecule has 0 aliphatic rings. The maximum absolute atomic E-state index is 13.6. The van der Waals surface area contributed by atoms with Crippen LogP contribution in [0.15, 0.2) is 18.2 Å². The van der Waals surface area contributed by atoms with Crippen LogP contribution in [0.5, 0.6) is 0 Å². The first kappa shape index (κ1) is 14.8. The third-order valence-electron chi connectivity index (χ3n) is 2.79. The molecule has 0 aromatic heterocycles. The van der Waals surface area contributed by atoms with Gasteiger partial charge in [0.15, 0.2) is 0 Å². The maximum atomic E-state index is 13.6. The molecule has 1 rings (SSSR count). The molecule has 18 heavy (non-hydrogen) atoms. The largest absolute Gasteiger partial charge is 0.416 e. The smallest absolute Gasteiger partial charge is 0.380 e. The third-order valence-corrected chi connectivity index (χ3v) is 2.79. The molecule has 1 atom stereocenters. The molecule has 0 amide bonds. The highest BCUT2D eigenvalue weighted by molar-refractivity contribution is 5.47. The van der Waals surface area contributed by atoms with E-state index in [1.165, 1.54) is 0 Å². The van der Waals surface area contributed by atoms with E-state index in [9.17, 15) is 17.6 Å². The molecule has 1 nitrogen and oxygen atoms in total. The van der Waals surface area contributed by atoms with Crippen LogP contribution < -0.4 is 5.32 Å². The Kier molecular flexibility index (Phi) is 4.99. The molecule has 0 aliphatic carbocycles. The predicted octanol–water partition coefficient (Wildman–Crippen LogP) is 4.84. The van der Waals surface area contributed by atoms with Gasteiger partial charge in [-0.3, -0.25) is 0 Å². The van der Waals surface area contributed by atoms with E-state index in [4.69, 9.17) is 0 Å². The number of anilines is 1. The van der Waals surface area contributed by atoms with Crippen molar-refractivity contribution in [1.29, 1.82) is 0 Å². The maximum Gasteiger partial charge on any atom is 0.416 e.